The van der Waals surface area contributed by atoms with Crippen LogP contribution in [0.1, 0.15) is 24.5 Å². The van der Waals surface area contributed by atoms with Gasteiger partial charge in [-0.2, -0.15) is 0 Å². The van der Waals surface area contributed by atoms with Crippen molar-refractivity contribution >= 4 is 27.8 Å². The first-order valence-electron chi connectivity index (χ1n) is 7.71. The number of rotatable bonds is 5. The molecule has 24 heavy (non-hydrogen) atoms. The van der Waals surface area contributed by atoms with Crippen LogP contribution in [0.3, 0.4) is 0 Å². The minimum absolute atomic E-state index is 0.0628. The van der Waals surface area contributed by atoms with E-state index in [9.17, 15) is 18.0 Å². The van der Waals surface area contributed by atoms with Crippen molar-refractivity contribution in [3.05, 3.63) is 41.5 Å². The van der Waals surface area contributed by atoms with E-state index in [1.807, 2.05) is 31.2 Å². The molecule has 0 saturated carbocycles. The lowest BCUT2D eigenvalue weighted by Gasteiger charge is -2.15. The van der Waals surface area contributed by atoms with Crippen LogP contribution in [-0.4, -0.2) is 43.9 Å². The van der Waals surface area contributed by atoms with Gasteiger partial charge in [-0.15, -0.1) is 0 Å². The first-order valence-corrected chi connectivity index (χ1v) is 9.53. The number of benzene rings is 1. The van der Waals surface area contributed by atoms with Crippen LogP contribution in [-0.2, 0) is 24.2 Å². The molecule has 130 valence electrons. The molecular formula is C17H21NO5S. The van der Waals surface area contributed by atoms with Crippen molar-refractivity contribution in [3.8, 4) is 0 Å². The number of esters is 1. The zero-order valence-electron chi connectivity index (χ0n) is 13.7. The van der Waals surface area contributed by atoms with Crippen LogP contribution in [0.25, 0.3) is 6.08 Å². The molecule has 1 fully saturated rings. The summed E-state index contributed by atoms with van der Waals surface area (Å²) >= 11 is 0. The number of nitrogens with one attached hydrogen (secondary N) is 1. The van der Waals surface area contributed by atoms with Gasteiger partial charge in [0, 0.05) is 12.1 Å². The zero-order valence-corrected chi connectivity index (χ0v) is 14.5. The van der Waals surface area contributed by atoms with E-state index in [1.54, 1.807) is 6.08 Å². The van der Waals surface area contributed by atoms with Crippen molar-refractivity contribution in [3.63, 3.8) is 0 Å². The van der Waals surface area contributed by atoms with Crippen LogP contribution >= 0.6 is 0 Å². The third-order valence-corrected chi connectivity index (χ3v) is 5.50. The lowest BCUT2D eigenvalue weighted by molar-refractivity contribution is -0.150. The molecular weight excluding hydrogens is 330 g/mol. The average Bonchev–Trinajstić information content (AvgIpc) is 2.85. The van der Waals surface area contributed by atoms with Gasteiger partial charge >= 0.3 is 5.97 Å². The summed E-state index contributed by atoms with van der Waals surface area (Å²) in [5.41, 5.74) is 1.97. The van der Waals surface area contributed by atoms with Crippen LogP contribution in [0.4, 0.5) is 0 Å². The van der Waals surface area contributed by atoms with Gasteiger partial charge in [-0.05, 0) is 31.9 Å². The summed E-state index contributed by atoms with van der Waals surface area (Å²) in [6, 6.07) is 7.19. The maximum absolute atomic E-state index is 11.9. The topological polar surface area (TPSA) is 89.5 Å². The summed E-state index contributed by atoms with van der Waals surface area (Å²) in [6.45, 7) is 3.42. The fourth-order valence-electron chi connectivity index (χ4n) is 2.34. The molecule has 0 unspecified atom stereocenters. The summed E-state index contributed by atoms with van der Waals surface area (Å²) in [7, 11) is -3.07. The van der Waals surface area contributed by atoms with Gasteiger partial charge in [0.05, 0.1) is 11.5 Å². The SMILES string of the molecule is Cc1ccc(/C=C/C(=O)O[C@H](C)C(=O)N[C@@H]2CCS(=O)(=O)C2)cc1. The second-order valence-electron chi connectivity index (χ2n) is 5.93. The van der Waals surface area contributed by atoms with Crippen LogP contribution < -0.4 is 5.32 Å². The minimum atomic E-state index is -3.07. The van der Waals surface area contributed by atoms with Crippen LogP contribution in [0, 0.1) is 6.92 Å². The predicted molar refractivity (Wildman–Crippen MR) is 91.0 cm³/mol. The zero-order chi connectivity index (χ0) is 17.7. The number of carbonyl (C=O) groups excluding carboxylic acids is 2. The number of amides is 1. The predicted octanol–water partition coefficient (Wildman–Crippen LogP) is 1.24. The van der Waals surface area contributed by atoms with Gasteiger partial charge in [0.2, 0.25) is 0 Å². The number of ether oxygens (including phenoxy) is 1. The number of hydrogen-bond donors (Lipinski definition) is 1. The average molecular weight is 351 g/mol. The molecule has 1 aliphatic rings. The van der Waals surface area contributed by atoms with Gasteiger partial charge in [0.25, 0.3) is 5.91 Å². The highest BCUT2D eigenvalue weighted by Gasteiger charge is 2.30. The van der Waals surface area contributed by atoms with E-state index >= 15 is 0 Å². The van der Waals surface area contributed by atoms with Crippen molar-refractivity contribution in [1.82, 2.24) is 5.32 Å². The first kappa shape index (κ1) is 18.2. The van der Waals surface area contributed by atoms with Gasteiger partial charge in [-0.1, -0.05) is 29.8 Å². The van der Waals surface area contributed by atoms with E-state index < -0.39 is 33.9 Å². The lowest BCUT2D eigenvalue weighted by atomic mass is 10.1. The van der Waals surface area contributed by atoms with Gasteiger partial charge in [0.1, 0.15) is 0 Å². The van der Waals surface area contributed by atoms with Crippen molar-refractivity contribution < 1.29 is 22.7 Å². The number of hydrogen-bond acceptors (Lipinski definition) is 5. The quantitative estimate of drug-likeness (QED) is 0.637. The van der Waals surface area contributed by atoms with E-state index in [1.165, 1.54) is 13.0 Å². The Bertz CT molecular complexity index is 737. The Morgan fingerprint density at radius 1 is 1.29 bits per heavy atom. The Kier molecular flexibility index (Phi) is 5.77. The monoisotopic (exact) mass is 351 g/mol. The highest BCUT2D eigenvalue weighted by atomic mass is 32.2. The molecule has 0 bridgehead atoms. The molecule has 7 heteroatoms. The fraction of sp³-hybridized carbons (Fsp3) is 0.412. The van der Waals surface area contributed by atoms with Crippen molar-refractivity contribution in [2.75, 3.05) is 11.5 Å². The summed E-state index contributed by atoms with van der Waals surface area (Å²) in [5, 5.41) is 2.60. The summed E-state index contributed by atoms with van der Waals surface area (Å²) in [4.78, 5) is 23.7. The minimum Gasteiger partial charge on any atom is -0.449 e. The third-order valence-electron chi connectivity index (χ3n) is 3.73. The van der Waals surface area contributed by atoms with Crippen molar-refractivity contribution in [2.24, 2.45) is 0 Å². The molecule has 1 aromatic carbocycles. The summed E-state index contributed by atoms with van der Waals surface area (Å²) in [6.07, 6.45) is 2.27. The highest BCUT2D eigenvalue weighted by molar-refractivity contribution is 7.91. The number of aryl methyl sites for hydroxylation is 1. The Balaban J connectivity index is 1.82. The van der Waals surface area contributed by atoms with Crippen LogP contribution in [0.2, 0.25) is 0 Å². The molecule has 0 aliphatic carbocycles. The molecule has 6 nitrogen and oxygen atoms in total. The Morgan fingerprint density at radius 3 is 2.54 bits per heavy atom. The number of carbonyl (C=O) groups is 2. The van der Waals surface area contributed by atoms with Crippen molar-refractivity contribution in [2.45, 2.75) is 32.4 Å². The smallest absolute Gasteiger partial charge is 0.331 e. The maximum atomic E-state index is 11.9. The van der Waals surface area contributed by atoms with Gasteiger partial charge in [-0.25, -0.2) is 13.2 Å². The van der Waals surface area contributed by atoms with Crippen molar-refractivity contribution in [1.29, 1.82) is 0 Å². The van der Waals surface area contributed by atoms with E-state index in [2.05, 4.69) is 5.32 Å². The first-order chi connectivity index (χ1) is 11.2. The summed E-state index contributed by atoms with van der Waals surface area (Å²) < 4.78 is 27.8. The molecule has 0 radical (unpaired) electrons. The standard InChI is InChI=1S/C17H21NO5S/c1-12-3-5-14(6-4-12)7-8-16(19)23-13(2)17(20)18-15-9-10-24(21,22)11-15/h3-8,13,15H,9-11H2,1-2H3,(H,18,20)/b8-7+/t13-,15-/m1/s1. The molecule has 2 atom stereocenters. The third kappa shape index (κ3) is 5.49. The molecule has 1 aromatic rings. The second kappa shape index (κ2) is 7.61. The molecule has 0 spiro atoms. The second-order valence-corrected chi connectivity index (χ2v) is 8.16. The normalized spacial score (nSPS) is 20.7. The van der Waals surface area contributed by atoms with Crippen LogP contribution in [0.15, 0.2) is 30.3 Å². The van der Waals surface area contributed by atoms with E-state index in [0.29, 0.717) is 6.42 Å². The fourth-order valence-corrected chi connectivity index (χ4v) is 4.01. The molecule has 1 saturated heterocycles. The summed E-state index contributed by atoms with van der Waals surface area (Å²) in [5.74, 6) is -1.11. The Hall–Kier alpha value is -2.15. The van der Waals surface area contributed by atoms with E-state index in [4.69, 9.17) is 4.74 Å². The largest absolute Gasteiger partial charge is 0.449 e. The number of sulfone groups is 1. The molecule has 1 N–H and O–H groups in total. The molecule has 1 heterocycles. The Morgan fingerprint density at radius 2 is 1.96 bits per heavy atom. The lowest BCUT2D eigenvalue weighted by Crippen LogP contribution is -2.42. The Labute approximate surface area is 141 Å². The van der Waals surface area contributed by atoms with E-state index in [0.717, 1.165) is 11.1 Å². The van der Waals surface area contributed by atoms with E-state index in [-0.39, 0.29) is 11.5 Å². The van der Waals surface area contributed by atoms with Gasteiger partial charge in [-0.3, -0.25) is 4.79 Å². The molecule has 0 aromatic heterocycles. The molecule has 2 rings (SSSR count). The maximum Gasteiger partial charge on any atom is 0.331 e. The van der Waals surface area contributed by atoms with Gasteiger partial charge in [0.15, 0.2) is 15.9 Å². The molecule has 1 aliphatic heterocycles. The molecule has 1 amide bonds. The highest BCUT2D eigenvalue weighted by Crippen LogP contribution is 2.11. The van der Waals surface area contributed by atoms with Crippen LogP contribution in [0.5, 0.6) is 0 Å². The van der Waals surface area contributed by atoms with Gasteiger partial charge < -0.3 is 10.1 Å².